The van der Waals surface area contributed by atoms with E-state index in [0.717, 1.165) is 10.9 Å². The Kier molecular flexibility index (Phi) is 2.75. The molecule has 104 valence electrons. The van der Waals surface area contributed by atoms with Crippen molar-refractivity contribution in [3.05, 3.63) is 35.8 Å². The smallest absolute Gasteiger partial charge is 0.265 e. The summed E-state index contributed by atoms with van der Waals surface area (Å²) < 4.78 is 27.5. The average molecular weight is 291 g/mol. The summed E-state index contributed by atoms with van der Waals surface area (Å²) in [6.07, 6.45) is 1.59. The fourth-order valence-electron chi connectivity index (χ4n) is 2.19. The van der Waals surface area contributed by atoms with E-state index in [0.29, 0.717) is 17.1 Å². The molecule has 0 unspecified atom stereocenters. The molecule has 2 heterocycles. The van der Waals surface area contributed by atoms with Gasteiger partial charge in [0.05, 0.1) is 28.8 Å². The van der Waals surface area contributed by atoms with Crippen LogP contribution in [0.15, 0.2) is 29.3 Å². The number of rotatable bonds is 3. The van der Waals surface area contributed by atoms with Gasteiger partial charge in [-0.1, -0.05) is 6.07 Å². The molecule has 0 fully saturated rings. The van der Waals surface area contributed by atoms with Crippen molar-refractivity contribution in [3.63, 3.8) is 0 Å². The molecule has 0 radical (unpaired) electrons. The number of aromatic nitrogens is 4. The predicted octanol–water partition coefficient (Wildman–Crippen LogP) is 1.70. The van der Waals surface area contributed by atoms with Crippen molar-refractivity contribution >= 4 is 26.6 Å². The van der Waals surface area contributed by atoms with Crippen LogP contribution in [-0.2, 0) is 10.0 Å². The first-order valence-corrected chi connectivity index (χ1v) is 7.44. The molecule has 0 saturated heterocycles. The number of nitrogens with zero attached hydrogens (tertiary/aromatic N) is 2. The summed E-state index contributed by atoms with van der Waals surface area (Å²) in [5, 5.41) is 14.0. The number of sulfonamides is 1. The topological polar surface area (TPSA) is 104 Å². The van der Waals surface area contributed by atoms with Crippen LogP contribution in [0.3, 0.4) is 0 Å². The number of anilines is 1. The standard InChI is InChI=1S/C12H13N5O2S/c1-7-12(8(2)15-14-7)20(18,19)17-11-5-3-4-10-9(11)6-13-16-10/h3-6,17H,1-2H3,(H,13,16)(H,14,15). The van der Waals surface area contributed by atoms with E-state index in [1.165, 1.54) is 0 Å². The fourth-order valence-corrected chi connectivity index (χ4v) is 3.64. The minimum absolute atomic E-state index is 0.179. The number of aryl methyl sites for hydroxylation is 2. The molecular weight excluding hydrogens is 278 g/mol. The molecule has 0 aliphatic rings. The number of hydrogen-bond donors (Lipinski definition) is 3. The van der Waals surface area contributed by atoms with Gasteiger partial charge in [-0.3, -0.25) is 14.9 Å². The molecule has 7 nitrogen and oxygen atoms in total. The summed E-state index contributed by atoms with van der Waals surface area (Å²) in [5.74, 6) is 0. The van der Waals surface area contributed by atoms with Crippen LogP contribution in [0.2, 0.25) is 0 Å². The Hall–Kier alpha value is -2.35. The molecule has 0 amide bonds. The highest BCUT2D eigenvalue weighted by atomic mass is 32.2. The lowest BCUT2D eigenvalue weighted by Gasteiger charge is -2.09. The molecule has 20 heavy (non-hydrogen) atoms. The quantitative estimate of drug-likeness (QED) is 0.683. The van der Waals surface area contributed by atoms with Gasteiger partial charge in [0.1, 0.15) is 4.90 Å². The third kappa shape index (κ3) is 1.94. The van der Waals surface area contributed by atoms with Gasteiger partial charge in [-0.2, -0.15) is 10.2 Å². The second-order valence-corrected chi connectivity index (χ2v) is 6.12. The van der Waals surface area contributed by atoms with Gasteiger partial charge in [0, 0.05) is 5.39 Å². The van der Waals surface area contributed by atoms with E-state index in [1.807, 2.05) is 6.07 Å². The van der Waals surface area contributed by atoms with Crippen molar-refractivity contribution in [3.8, 4) is 0 Å². The van der Waals surface area contributed by atoms with Crippen LogP contribution >= 0.6 is 0 Å². The highest BCUT2D eigenvalue weighted by molar-refractivity contribution is 7.92. The van der Waals surface area contributed by atoms with E-state index in [1.54, 1.807) is 32.2 Å². The summed E-state index contributed by atoms with van der Waals surface area (Å²) in [4.78, 5) is 0.179. The fraction of sp³-hybridized carbons (Fsp3) is 0.167. The first kappa shape index (κ1) is 12.7. The zero-order valence-electron chi connectivity index (χ0n) is 10.9. The van der Waals surface area contributed by atoms with Gasteiger partial charge in [-0.05, 0) is 26.0 Å². The van der Waals surface area contributed by atoms with E-state index < -0.39 is 10.0 Å². The maximum absolute atomic E-state index is 12.5. The van der Waals surface area contributed by atoms with Crippen LogP contribution in [-0.4, -0.2) is 28.8 Å². The Morgan fingerprint density at radius 1 is 1.20 bits per heavy atom. The number of benzene rings is 1. The highest BCUT2D eigenvalue weighted by Crippen LogP contribution is 2.25. The van der Waals surface area contributed by atoms with Gasteiger partial charge < -0.3 is 0 Å². The number of H-pyrrole nitrogens is 2. The lowest BCUT2D eigenvalue weighted by molar-refractivity contribution is 0.600. The Labute approximate surface area is 115 Å². The maximum atomic E-state index is 12.5. The molecule has 3 N–H and O–H groups in total. The third-order valence-corrected chi connectivity index (χ3v) is 4.69. The number of nitrogens with one attached hydrogen (secondary N) is 3. The Morgan fingerprint density at radius 3 is 2.70 bits per heavy atom. The average Bonchev–Trinajstić information content (AvgIpc) is 2.96. The van der Waals surface area contributed by atoms with Crippen molar-refractivity contribution in [2.24, 2.45) is 0 Å². The van der Waals surface area contributed by atoms with Crippen molar-refractivity contribution in [1.82, 2.24) is 20.4 Å². The zero-order valence-corrected chi connectivity index (χ0v) is 11.7. The largest absolute Gasteiger partial charge is 0.281 e. The molecule has 0 aliphatic carbocycles. The van der Waals surface area contributed by atoms with E-state index in [4.69, 9.17) is 0 Å². The van der Waals surface area contributed by atoms with Crippen molar-refractivity contribution in [1.29, 1.82) is 0 Å². The van der Waals surface area contributed by atoms with Crippen molar-refractivity contribution in [2.45, 2.75) is 18.7 Å². The van der Waals surface area contributed by atoms with Gasteiger partial charge in [0.2, 0.25) is 0 Å². The zero-order chi connectivity index (χ0) is 14.3. The molecule has 0 atom stereocenters. The lowest BCUT2D eigenvalue weighted by atomic mass is 10.2. The number of hydrogen-bond acceptors (Lipinski definition) is 4. The van der Waals surface area contributed by atoms with Crippen molar-refractivity contribution < 1.29 is 8.42 Å². The van der Waals surface area contributed by atoms with E-state index in [-0.39, 0.29) is 4.90 Å². The molecule has 2 aromatic heterocycles. The summed E-state index contributed by atoms with van der Waals surface area (Å²) in [7, 11) is -3.69. The van der Waals surface area contributed by atoms with E-state index in [2.05, 4.69) is 25.1 Å². The molecule has 1 aromatic carbocycles. The van der Waals surface area contributed by atoms with Gasteiger partial charge in [0.15, 0.2) is 0 Å². The highest BCUT2D eigenvalue weighted by Gasteiger charge is 2.23. The normalized spacial score (nSPS) is 11.9. The molecule has 3 rings (SSSR count). The lowest BCUT2D eigenvalue weighted by Crippen LogP contribution is -2.14. The van der Waals surface area contributed by atoms with Gasteiger partial charge >= 0.3 is 0 Å². The molecule has 8 heteroatoms. The SMILES string of the molecule is Cc1n[nH]c(C)c1S(=O)(=O)Nc1cccc2[nH]ncc12. The Morgan fingerprint density at radius 2 is 2.00 bits per heavy atom. The predicted molar refractivity (Wildman–Crippen MR) is 75.0 cm³/mol. The minimum Gasteiger partial charge on any atom is -0.281 e. The van der Waals surface area contributed by atoms with E-state index >= 15 is 0 Å². The second kappa shape index (κ2) is 4.34. The summed E-state index contributed by atoms with van der Waals surface area (Å²) in [6.45, 7) is 3.32. The minimum atomic E-state index is -3.69. The summed E-state index contributed by atoms with van der Waals surface area (Å²) in [5.41, 5.74) is 2.20. The van der Waals surface area contributed by atoms with E-state index in [9.17, 15) is 8.42 Å². The molecule has 3 aromatic rings. The van der Waals surface area contributed by atoms with Crippen LogP contribution in [0.1, 0.15) is 11.4 Å². The van der Waals surface area contributed by atoms with Crippen molar-refractivity contribution in [2.75, 3.05) is 4.72 Å². The monoisotopic (exact) mass is 291 g/mol. The summed E-state index contributed by atoms with van der Waals surface area (Å²) >= 11 is 0. The van der Waals surface area contributed by atoms with Crippen LogP contribution in [0.25, 0.3) is 10.9 Å². The maximum Gasteiger partial charge on any atom is 0.265 e. The first-order valence-electron chi connectivity index (χ1n) is 5.95. The van der Waals surface area contributed by atoms with Gasteiger partial charge in [-0.15, -0.1) is 0 Å². The number of aromatic amines is 2. The molecular formula is C12H13N5O2S. The van der Waals surface area contributed by atoms with Crippen LogP contribution in [0.5, 0.6) is 0 Å². The second-order valence-electron chi connectivity index (χ2n) is 4.51. The molecule has 0 aliphatic heterocycles. The molecule has 0 saturated carbocycles. The van der Waals surface area contributed by atoms with Crippen LogP contribution in [0.4, 0.5) is 5.69 Å². The molecule has 0 spiro atoms. The summed E-state index contributed by atoms with van der Waals surface area (Å²) in [6, 6.07) is 5.28. The molecule has 0 bridgehead atoms. The number of fused-ring (bicyclic) bond motifs is 1. The van der Waals surface area contributed by atoms with Gasteiger partial charge in [-0.25, -0.2) is 8.42 Å². The Balaban J connectivity index is 2.09. The first-order chi connectivity index (χ1) is 9.49. The third-order valence-electron chi connectivity index (χ3n) is 3.06. The Bertz CT molecular complexity index is 859. The van der Waals surface area contributed by atoms with Crippen LogP contribution < -0.4 is 4.72 Å². The van der Waals surface area contributed by atoms with Crippen LogP contribution in [0, 0.1) is 13.8 Å². The van der Waals surface area contributed by atoms with Gasteiger partial charge in [0.25, 0.3) is 10.0 Å².